The number of rotatable bonds is 1. The van der Waals surface area contributed by atoms with E-state index in [2.05, 4.69) is 10.6 Å². The minimum absolute atomic E-state index is 0.132. The molecular weight excluding hydrogens is 251 g/mol. The smallest absolute Gasteiger partial charge is 0.250 e. The van der Waals surface area contributed by atoms with Gasteiger partial charge in [-0.15, -0.1) is 0 Å². The largest absolute Gasteiger partial charge is 0.494 e. The third-order valence-corrected chi connectivity index (χ3v) is 3.70. The van der Waals surface area contributed by atoms with Crippen molar-refractivity contribution >= 4 is 17.3 Å². The molecule has 0 atom stereocenters. The maximum absolute atomic E-state index is 13.6. The number of nitrogens with one attached hydrogen (secondary N) is 2. The Morgan fingerprint density at radius 3 is 2.74 bits per heavy atom. The first kappa shape index (κ1) is 12.2. The highest BCUT2D eigenvalue weighted by atomic mass is 19.1. The van der Waals surface area contributed by atoms with Crippen LogP contribution in [0.4, 0.5) is 15.8 Å². The highest BCUT2D eigenvalue weighted by molar-refractivity contribution is 6.06. The molecule has 6 heteroatoms. The zero-order valence-corrected chi connectivity index (χ0v) is 10.6. The number of hydrogen-bond acceptors (Lipinski definition) is 4. The normalized spacial score (nSPS) is 20.4. The first-order valence-corrected chi connectivity index (χ1v) is 6.19. The van der Waals surface area contributed by atoms with Crippen molar-refractivity contribution in [2.24, 2.45) is 0 Å². The molecule has 102 valence electrons. The summed E-state index contributed by atoms with van der Waals surface area (Å²) in [6.45, 7) is 1.07. The van der Waals surface area contributed by atoms with Crippen LogP contribution in [0.25, 0.3) is 0 Å². The van der Waals surface area contributed by atoms with Crippen LogP contribution < -0.4 is 15.4 Å². The minimum atomic E-state index is -0.659. The molecule has 2 heterocycles. The monoisotopic (exact) mass is 266 g/mol. The molecule has 1 aromatic carbocycles. The summed E-state index contributed by atoms with van der Waals surface area (Å²) in [5.41, 5.74) is 0.467. The SMILES string of the molecule is COc1cc2c(cc1F)NC(=O)C1(CCOCC1)N2. The number of benzene rings is 1. The Morgan fingerprint density at radius 1 is 1.32 bits per heavy atom. The number of carbonyl (C=O) groups is 1. The molecule has 2 aliphatic rings. The molecule has 0 radical (unpaired) electrons. The quantitative estimate of drug-likeness (QED) is 0.813. The summed E-state index contributed by atoms with van der Waals surface area (Å²) in [7, 11) is 1.41. The number of amides is 1. The van der Waals surface area contributed by atoms with Crippen molar-refractivity contribution < 1.29 is 18.7 Å². The maximum atomic E-state index is 13.6. The van der Waals surface area contributed by atoms with Gasteiger partial charge in [-0.2, -0.15) is 0 Å². The second-order valence-electron chi connectivity index (χ2n) is 4.81. The van der Waals surface area contributed by atoms with Crippen LogP contribution in [0, 0.1) is 5.82 Å². The molecule has 0 aromatic heterocycles. The average Bonchev–Trinajstić information content (AvgIpc) is 2.41. The van der Waals surface area contributed by atoms with Crippen LogP contribution >= 0.6 is 0 Å². The zero-order valence-electron chi connectivity index (χ0n) is 10.6. The summed E-state index contributed by atoms with van der Waals surface area (Å²) in [6.07, 6.45) is 1.19. The van der Waals surface area contributed by atoms with E-state index in [0.29, 0.717) is 37.4 Å². The van der Waals surface area contributed by atoms with E-state index in [1.165, 1.54) is 13.2 Å². The lowest BCUT2D eigenvalue weighted by molar-refractivity contribution is -0.123. The molecule has 1 aromatic rings. The third-order valence-electron chi connectivity index (χ3n) is 3.70. The molecule has 3 rings (SSSR count). The Kier molecular flexibility index (Phi) is 2.82. The van der Waals surface area contributed by atoms with Gasteiger partial charge in [-0.05, 0) is 0 Å². The van der Waals surface area contributed by atoms with Crippen molar-refractivity contribution in [2.45, 2.75) is 18.4 Å². The van der Waals surface area contributed by atoms with Gasteiger partial charge in [-0.1, -0.05) is 0 Å². The number of anilines is 2. The standard InChI is InChI=1S/C13H15FN2O3/c1-18-11-7-10-9(6-8(11)14)15-12(17)13(16-10)2-4-19-5-3-13/h6-7,16H,2-5H2,1H3,(H,15,17). The second kappa shape index (κ2) is 4.38. The molecule has 2 aliphatic heterocycles. The summed E-state index contributed by atoms with van der Waals surface area (Å²) in [5.74, 6) is -0.469. The lowest BCUT2D eigenvalue weighted by Crippen LogP contribution is -2.55. The molecule has 1 amide bonds. The topological polar surface area (TPSA) is 59.6 Å². The van der Waals surface area contributed by atoms with Gasteiger partial charge >= 0.3 is 0 Å². The second-order valence-corrected chi connectivity index (χ2v) is 4.81. The van der Waals surface area contributed by atoms with Crippen molar-refractivity contribution in [3.63, 3.8) is 0 Å². The van der Waals surface area contributed by atoms with Crippen LogP contribution in [-0.4, -0.2) is 31.8 Å². The summed E-state index contributed by atoms with van der Waals surface area (Å²) >= 11 is 0. The Balaban J connectivity index is 1.99. The van der Waals surface area contributed by atoms with Gasteiger partial charge < -0.3 is 20.1 Å². The number of methoxy groups -OCH3 is 1. The fourth-order valence-electron chi connectivity index (χ4n) is 2.55. The summed E-state index contributed by atoms with van der Waals surface area (Å²) in [6, 6.07) is 2.84. The summed E-state index contributed by atoms with van der Waals surface area (Å²) < 4.78 is 23.9. The number of halogens is 1. The van der Waals surface area contributed by atoms with E-state index in [0.717, 1.165) is 0 Å². The Morgan fingerprint density at radius 2 is 2.05 bits per heavy atom. The van der Waals surface area contributed by atoms with Gasteiger partial charge in [-0.3, -0.25) is 4.79 Å². The number of ether oxygens (including phenoxy) is 2. The summed E-state index contributed by atoms with van der Waals surface area (Å²) in [5, 5.41) is 5.99. The molecule has 0 unspecified atom stereocenters. The predicted octanol–water partition coefficient (Wildman–Crippen LogP) is 1.75. The Bertz CT molecular complexity index is 527. The first-order chi connectivity index (χ1) is 9.14. The maximum Gasteiger partial charge on any atom is 0.250 e. The van der Waals surface area contributed by atoms with E-state index in [-0.39, 0.29) is 11.7 Å². The van der Waals surface area contributed by atoms with Gasteiger partial charge in [0.15, 0.2) is 11.6 Å². The molecule has 0 aliphatic carbocycles. The molecule has 5 nitrogen and oxygen atoms in total. The fourth-order valence-corrected chi connectivity index (χ4v) is 2.55. The van der Waals surface area contributed by atoms with Crippen LogP contribution in [0.3, 0.4) is 0 Å². The van der Waals surface area contributed by atoms with E-state index < -0.39 is 11.4 Å². The Hall–Kier alpha value is -1.82. The molecule has 19 heavy (non-hydrogen) atoms. The highest BCUT2D eigenvalue weighted by Gasteiger charge is 2.43. The minimum Gasteiger partial charge on any atom is -0.494 e. The van der Waals surface area contributed by atoms with Crippen molar-refractivity contribution in [2.75, 3.05) is 31.0 Å². The van der Waals surface area contributed by atoms with Gasteiger partial charge in [-0.25, -0.2) is 4.39 Å². The zero-order chi connectivity index (χ0) is 13.5. The van der Waals surface area contributed by atoms with Crippen LogP contribution in [0.1, 0.15) is 12.8 Å². The van der Waals surface area contributed by atoms with Crippen molar-refractivity contribution in [3.8, 4) is 5.75 Å². The molecule has 1 saturated heterocycles. The molecule has 0 saturated carbocycles. The van der Waals surface area contributed by atoms with Gasteiger partial charge in [0.25, 0.3) is 0 Å². The van der Waals surface area contributed by atoms with E-state index in [4.69, 9.17) is 9.47 Å². The van der Waals surface area contributed by atoms with Crippen molar-refractivity contribution in [1.29, 1.82) is 0 Å². The number of hydrogen-bond donors (Lipinski definition) is 2. The molecular formula is C13H15FN2O3. The van der Waals surface area contributed by atoms with Crippen LogP contribution in [0.5, 0.6) is 5.75 Å². The summed E-state index contributed by atoms with van der Waals surface area (Å²) in [4.78, 5) is 12.2. The van der Waals surface area contributed by atoms with Crippen molar-refractivity contribution in [3.05, 3.63) is 17.9 Å². The van der Waals surface area contributed by atoms with Crippen LogP contribution in [-0.2, 0) is 9.53 Å². The van der Waals surface area contributed by atoms with Gasteiger partial charge in [0, 0.05) is 38.2 Å². The van der Waals surface area contributed by atoms with Gasteiger partial charge in [0.2, 0.25) is 5.91 Å². The first-order valence-electron chi connectivity index (χ1n) is 6.19. The average molecular weight is 266 g/mol. The van der Waals surface area contributed by atoms with Crippen LogP contribution in [0.2, 0.25) is 0 Å². The van der Waals surface area contributed by atoms with E-state index in [1.54, 1.807) is 6.07 Å². The molecule has 2 N–H and O–H groups in total. The lowest BCUT2D eigenvalue weighted by Gasteiger charge is -2.41. The molecule has 1 spiro atoms. The molecule has 0 bridgehead atoms. The van der Waals surface area contributed by atoms with E-state index in [9.17, 15) is 9.18 Å². The Labute approximate surface area is 110 Å². The highest BCUT2D eigenvalue weighted by Crippen LogP contribution is 2.39. The van der Waals surface area contributed by atoms with Crippen molar-refractivity contribution in [1.82, 2.24) is 0 Å². The third kappa shape index (κ3) is 1.92. The predicted molar refractivity (Wildman–Crippen MR) is 68.0 cm³/mol. The lowest BCUT2D eigenvalue weighted by atomic mass is 9.86. The number of fused-ring (bicyclic) bond motifs is 1. The fraction of sp³-hybridized carbons (Fsp3) is 0.462. The number of carbonyl (C=O) groups excluding carboxylic acids is 1. The van der Waals surface area contributed by atoms with E-state index in [1.807, 2.05) is 0 Å². The van der Waals surface area contributed by atoms with Gasteiger partial charge in [0.1, 0.15) is 5.54 Å². The molecule has 1 fully saturated rings. The van der Waals surface area contributed by atoms with Crippen LogP contribution in [0.15, 0.2) is 12.1 Å². The van der Waals surface area contributed by atoms with Gasteiger partial charge in [0.05, 0.1) is 18.5 Å². The van der Waals surface area contributed by atoms with E-state index >= 15 is 0 Å².